The minimum absolute atomic E-state index is 0.0486. The van der Waals surface area contributed by atoms with Crippen LogP contribution in [0.2, 0.25) is 5.02 Å². The second-order valence-corrected chi connectivity index (χ2v) is 7.84. The van der Waals surface area contributed by atoms with Gasteiger partial charge in [-0.2, -0.15) is 0 Å². The van der Waals surface area contributed by atoms with E-state index in [1.807, 2.05) is 0 Å². The third kappa shape index (κ3) is 4.21. The van der Waals surface area contributed by atoms with E-state index in [4.69, 9.17) is 21.1 Å². The summed E-state index contributed by atoms with van der Waals surface area (Å²) in [5.41, 5.74) is 0.365. The molecule has 1 aliphatic carbocycles. The van der Waals surface area contributed by atoms with Crippen molar-refractivity contribution in [1.82, 2.24) is 4.90 Å². The van der Waals surface area contributed by atoms with Crippen molar-refractivity contribution in [3.63, 3.8) is 0 Å². The Morgan fingerprint density at radius 2 is 2.12 bits per heavy atom. The van der Waals surface area contributed by atoms with Crippen LogP contribution in [-0.4, -0.2) is 42.8 Å². The van der Waals surface area contributed by atoms with Gasteiger partial charge in [-0.25, -0.2) is 4.39 Å². The summed E-state index contributed by atoms with van der Waals surface area (Å²) in [6.45, 7) is 5.70. The van der Waals surface area contributed by atoms with Gasteiger partial charge >= 0.3 is 0 Å². The molecule has 0 N–H and O–H groups in total. The van der Waals surface area contributed by atoms with Gasteiger partial charge in [-0.3, -0.25) is 4.79 Å². The van der Waals surface area contributed by atoms with E-state index in [-0.39, 0.29) is 30.9 Å². The quantitative estimate of drug-likeness (QED) is 0.787. The molecule has 26 heavy (non-hydrogen) atoms. The van der Waals surface area contributed by atoms with Crippen LogP contribution in [0.15, 0.2) is 18.2 Å². The third-order valence-electron chi connectivity index (χ3n) is 5.83. The van der Waals surface area contributed by atoms with E-state index >= 15 is 0 Å². The maximum Gasteiger partial charge on any atom is 0.254 e. The van der Waals surface area contributed by atoms with Crippen molar-refractivity contribution in [3.8, 4) is 0 Å². The lowest BCUT2D eigenvalue weighted by Gasteiger charge is -2.43. The molecule has 1 saturated heterocycles. The van der Waals surface area contributed by atoms with Gasteiger partial charge in [0.15, 0.2) is 6.10 Å². The van der Waals surface area contributed by atoms with Gasteiger partial charge < -0.3 is 14.4 Å². The highest BCUT2D eigenvalue weighted by Crippen LogP contribution is 2.35. The lowest BCUT2D eigenvalue weighted by Crippen LogP contribution is -2.52. The Morgan fingerprint density at radius 3 is 2.81 bits per heavy atom. The molecule has 144 valence electrons. The molecule has 0 aromatic heterocycles. The van der Waals surface area contributed by atoms with Gasteiger partial charge in [-0.05, 0) is 30.4 Å². The molecule has 1 aromatic carbocycles. The molecule has 1 aromatic rings. The average molecular weight is 384 g/mol. The van der Waals surface area contributed by atoms with Crippen molar-refractivity contribution >= 4 is 17.5 Å². The molecule has 1 heterocycles. The fourth-order valence-electron chi connectivity index (χ4n) is 4.02. The van der Waals surface area contributed by atoms with Gasteiger partial charge in [-0.1, -0.05) is 44.4 Å². The van der Waals surface area contributed by atoms with Crippen LogP contribution in [0, 0.1) is 17.7 Å². The van der Waals surface area contributed by atoms with Crippen molar-refractivity contribution in [2.45, 2.75) is 51.8 Å². The Balaban J connectivity index is 1.89. The normalized spacial score (nSPS) is 29.4. The zero-order chi connectivity index (χ0) is 18.7. The molecule has 1 amide bonds. The summed E-state index contributed by atoms with van der Waals surface area (Å²) >= 11 is 6.23. The summed E-state index contributed by atoms with van der Waals surface area (Å²) in [6.07, 6.45) is 2.51. The molecule has 1 aliphatic heterocycles. The van der Waals surface area contributed by atoms with Gasteiger partial charge in [0, 0.05) is 16.6 Å². The zero-order valence-electron chi connectivity index (χ0n) is 15.4. The molecular weight excluding hydrogens is 357 g/mol. The fourth-order valence-corrected chi connectivity index (χ4v) is 4.24. The number of hydrogen-bond donors (Lipinski definition) is 0. The van der Waals surface area contributed by atoms with E-state index in [0.29, 0.717) is 35.6 Å². The highest BCUT2D eigenvalue weighted by atomic mass is 35.5. The number of benzene rings is 1. The van der Waals surface area contributed by atoms with E-state index in [2.05, 4.69) is 13.8 Å². The number of rotatable bonds is 4. The van der Waals surface area contributed by atoms with Crippen LogP contribution in [0.25, 0.3) is 0 Å². The van der Waals surface area contributed by atoms with Crippen LogP contribution in [-0.2, 0) is 20.8 Å². The molecule has 3 rings (SSSR count). The van der Waals surface area contributed by atoms with Gasteiger partial charge in [-0.15, -0.1) is 0 Å². The number of nitrogens with zero attached hydrogens (tertiary/aromatic N) is 1. The van der Waals surface area contributed by atoms with Gasteiger partial charge in [0.05, 0.1) is 26.4 Å². The Labute approximate surface area is 159 Å². The minimum Gasteiger partial charge on any atom is -0.376 e. The number of ether oxygens (including phenoxy) is 2. The maximum atomic E-state index is 14.4. The summed E-state index contributed by atoms with van der Waals surface area (Å²) in [5, 5.41) is 0.347. The number of carbonyl (C=O) groups excluding carboxylic acids is 1. The predicted octanol–water partition coefficient (Wildman–Crippen LogP) is 4.05. The summed E-state index contributed by atoms with van der Waals surface area (Å²) in [6, 6.07) is 4.68. The second-order valence-electron chi connectivity index (χ2n) is 7.44. The molecule has 0 radical (unpaired) electrons. The van der Waals surface area contributed by atoms with Crippen molar-refractivity contribution < 1.29 is 18.7 Å². The Hall–Kier alpha value is -1.17. The predicted molar refractivity (Wildman–Crippen MR) is 98.5 cm³/mol. The van der Waals surface area contributed by atoms with Crippen molar-refractivity contribution in [2.24, 2.45) is 11.8 Å². The van der Waals surface area contributed by atoms with Gasteiger partial charge in [0.1, 0.15) is 5.82 Å². The first kappa shape index (κ1) is 19.6. The molecule has 4 unspecified atom stereocenters. The minimum atomic E-state index is -0.626. The van der Waals surface area contributed by atoms with Crippen LogP contribution >= 0.6 is 11.6 Å². The molecular formula is C20H27ClFNO3. The van der Waals surface area contributed by atoms with Crippen molar-refractivity contribution in [3.05, 3.63) is 34.6 Å². The molecule has 2 aliphatic rings. The van der Waals surface area contributed by atoms with Crippen LogP contribution in [0.4, 0.5) is 4.39 Å². The highest BCUT2D eigenvalue weighted by molar-refractivity contribution is 6.31. The number of hydrogen-bond acceptors (Lipinski definition) is 3. The van der Waals surface area contributed by atoms with E-state index in [9.17, 15) is 9.18 Å². The SMILES string of the molecule is CC1CCCC(N(Cc2c(F)cccc2Cl)C(=O)C2COCCO2)C1C. The highest BCUT2D eigenvalue weighted by Gasteiger charge is 2.38. The van der Waals surface area contributed by atoms with E-state index in [1.165, 1.54) is 6.07 Å². The molecule has 1 saturated carbocycles. The molecule has 4 nitrogen and oxygen atoms in total. The Morgan fingerprint density at radius 1 is 1.31 bits per heavy atom. The molecule has 6 heteroatoms. The smallest absolute Gasteiger partial charge is 0.254 e. The topological polar surface area (TPSA) is 38.8 Å². The van der Waals surface area contributed by atoms with Crippen molar-refractivity contribution in [1.29, 1.82) is 0 Å². The van der Waals surface area contributed by atoms with Crippen molar-refractivity contribution in [2.75, 3.05) is 19.8 Å². The van der Waals surface area contributed by atoms with E-state index in [1.54, 1.807) is 17.0 Å². The summed E-state index contributed by atoms with van der Waals surface area (Å²) in [4.78, 5) is 15.0. The first-order valence-electron chi connectivity index (χ1n) is 9.41. The molecule has 4 atom stereocenters. The second kappa shape index (κ2) is 8.68. The van der Waals surface area contributed by atoms with E-state index < -0.39 is 6.10 Å². The fraction of sp³-hybridized carbons (Fsp3) is 0.650. The summed E-state index contributed by atoms with van der Waals surface area (Å²) in [7, 11) is 0. The molecule has 0 spiro atoms. The lowest BCUT2D eigenvalue weighted by atomic mass is 9.77. The van der Waals surface area contributed by atoms with Crippen LogP contribution in [0.5, 0.6) is 0 Å². The Kier molecular flexibility index (Phi) is 6.54. The molecule has 0 bridgehead atoms. The standard InChI is InChI=1S/C20H27ClFNO3/c1-13-5-3-8-18(14(13)2)23(20(24)19-12-25-9-10-26-19)11-15-16(21)6-4-7-17(15)22/h4,6-7,13-14,18-19H,3,5,8-12H2,1-2H3. The van der Waals surface area contributed by atoms with Crippen LogP contribution < -0.4 is 0 Å². The first-order chi connectivity index (χ1) is 12.5. The monoisotopic (exact) mass is 383 g/mol. The summed E-state index contributed by atoms with van der Waals surface area (Å²) < 4.78 is 25.4. The maximum absolute atomic E-state index is 14.4. The van der Waals surface area contributed by atoms with Crippen LogP contribution in [0.3, 0.4) is 0 Å². The summed E-state index contributed by atoms with van der Waals surface area (Å²) in [5.74, 6) is 0.342. The number of halogens is 2. The van der Waals surface area contributed by atoms with Crippen LogP contribution in [0.1, 0.15) is 38.7 Å². The lowest BCUT2D eigenvalue weighted by molar-refractivity contribution is -0.163. The zero-order valence-corrected chi connectivity index (χ0v) is 16.2. The first-order valence-corrected chi connectivity index (χ1v) is 9.79. The third-order valence-corrected chi connectivity index (χ3v) is 6.18. The number of carbonyl (C=O) groups is 1. The number of amides is 1. The Bertz CT molecular complexity index is 615. The van der Waals surface area contributed by atoms with Gasteiger partial charge in [0.2, 0.25) is 0 Å². The van der Waals surface area contributed by atoms with Gasteiger partial charge in [0.25, 0.3) is 5.91 Å². The molecule has 2 fully saturated rings. The average Bonchev–Trinajstić information content (AvgIpc) is 2.64. The largest absolute Gasteiger partial charge is 0.376 e. The van der Waals surface area contributed by atoms with E-state index in [0.717, 1.165) is 19.3 Å².